The summed E-state index contributed by atoms with van der Waals surface area (Å²) in [5.74, 6) is 0.896. The first-order valence-electron chi connectivity index (χ1n) is 9.18. The highest BCUT2D eigenvalue weighted by molar-refractivity contribution is 6.07. The number of hydrogen-bond acceptors (Lipinski definition) is 3. The van der Waals surface area contributed by atoms with Gasteiger partial charge in [0.25, 0.3) is 0 Å². The van der Waals surface area contributed by atoms with Gasteiger partial charge in [0.05, 0.1) is 11.4 Å². The van der Waals surface area contributed by atoms with Crippen LogP contribution in [0.3, 0.4) is 0 Å². The molecule has 0 bridgehead atoms. The Balaban J connectivity index is 1.62. The van der Waals surface area contributed by atoms with E-state index in [1.54, 1.807) is 0 Å². The second-order valence-corrected chi connectivity index (χ2v) is 6.05. The van der Waals surface area contributed by atoms with E-state index in [1.807, 2.05) is 43.3 Å². The summed E-state index contributed by atoms with van der Waals surface area (Å²) in [6.07, 6.45) is 2.83. The summed E-state index contributed by atoms with van der Waals surface area (Å²) in [4.78, 5) is 4.83. The molecule has 135 valence electrons. The molecule has 4 heteroatoms. The molecule has 0 aromatic heterocycles. The maximum Gasteiger partial charge on any atom is 0.146 e. The van der Waals surface area contributed by atoms with E-state index in [1.165, 1.54) is 0 Å². The van der Waals surface area contributed by atoms with Crippen molar-refractivity contribution in [3.05, 3.63) is 71.8 Å². The number of benzene rings is 2. The van der Waals surface area contributed by atoms with Gasteiger partial charge in [-0.15, -0.1) is 0 Å². The molecule has 0 atom stereocenters. The molecule has 4 nitrogen and oxygen atoms in total. The summed E-state index contributed by atoms with van der Waals surface area (Å²) in [6.45, 7) is 3.73. The topological polar surface area (TPSA) is 44.9 Å². The molecule has 0 aliphatic carbocycles. The van der Waals surface area contributed by atoms with E-state index >= 15 is 0 Å². The fraction of sp³-hybridized carbons (Fsp3) is 0.318. The highest BCUT2D eigenvalue weighted by Crippen LogP contribution is 2.31. The third-order valence-electron chi connectivity index (χ3n) is 4.11. The number of aliphatic imine (C=N–C) groups is 1. The molecule has 0 saturated heterocycles. The van der Waals surface area contributed by atoms with E-state index in [4.69, 9.17) is 19.8 Å². The smallest absolute Gasteiger partial charge is 0.146 e. The Morgan fingerprint density at radius 1 is 0.769 bits per heavy atom. The van der Waals surface area contributed by atoms with Gasteiger partial charge >= 0.3 is 0 Å². The van der Waals surface area contributed by atoms with Crippen molar-refractivity contribution in [1.29, 1.82) is 0 Å². The van der Waals surface area contributed by atoms with Crippen LogP contribution in [-0.2, 0) is 9.47 Å². The average Bonchev–Trinajstić information content (AvgIpc) is 3.13. The number of hydrogen-bond donors (Lipinski definition) is 0. The molecule has 2 aromatic carbocycles. The Hall–Kier alpha value is -2.43. The maximum absolute atomic E-state index is 5.42. The number of ether oxygens (including phenoxy) is 2. The molecule has 26 heavy (non-hydrogen) atoms. The van der Waals surface area contributed by atoms with Gasteiger partial charge in [0.1, 0.15) is 12.6 Å². The van der Waals surface area contributed by atoms with Gasteiger partial charge in [-0.1, -0.05) is 60.7 Å². The zero-order chi connectivity index (χ0) is 18.0. The fourth-order valence-electron chi connectivity index (χ4n) is 2.78. The van der Waals surface area contributed by atoms with Crippen molar-refractivity contribution in [3.63, 3.8) is 0 Å². The van der Waals surface area contributed by atoms with Gasteiger partial charge in [0.15, 0.2) is 0 Å². The van der Waals surface area contributed by atoms with E-state index in [-0.39, 0.29) is 0 Å². The van der Waals surface area contributed by atoms with E-state index in [2.05, 4.69) is 24.3 Å². The summed E-state index contributed by atoms with van der Waals surface area (Å²) >= 11 is 0. The van der Waals surface area contributed by atoms with Gasteiger partial charge in [-0.05, 0) is 19.8 Å². The molecule has 0 saturated carbocycles. The van der Waals surface area contributed by atoms with Crippen molar-refractivity contribution < 1.29 is 9.47 Å². The summed E-state index contributed by atoms with van der Waals surface area (Å²) in [5, 5.41) is 4.83. The fourth-order valence-corrected chi connectivity index (χ4v) is 2.78. The van der Waals surface area contributed by atoms with Crippen molar-refractivity contribution in [2.45, 2.75) is 26.2 Å². The lowest BCUT2D eigenvalue weighted by atomic mass is 10.1. The predicted molar refractivity (Wildman–Crippen MR) is 106 cm³/mol. The van der Waals surface area contributed by atoms with Crippen LogP contribution >= 0.6 is 0 Å². The molecular formula is C22H25N2O2. The van der Waals surface area contributed by atoms with Crippen molar-refractivity contribution >= 4 is 17.2 Å². The Morgan fingerprint density at radius 2 is 1.42 bits per heavy atom. The molecule has 1 radical (unpaired) electrons. The SMILES string of the molecule is CCOCOCCCCC1=NC(c2ccccc2)=C(c2ccccc2)[N]1. The van der Waals surface area contributed by atoms with Crippen molar-refractivity contribution in [2.75, 3.05) is 20.0 Å². The molecule has 2 aromatic rings. The van der Waals surface area contributed by atoms with Gasteiger partial charge in [-0.2, -0.15) is 0 Å². The molecule has 0 fully saturated rings. The minimum atomic E-state index is 0.375. The first-order valence-corrected chi connectivity index (χ1v) is 9.18. The minimum absolute atomic E-state index is 0.375. The normalized spacial score (nSPS) is 13.7. The molecule has 3 rings (SSSR count). The van der Waals surface area contributed by atoms with E-state index in [9.17, 15) is 0 Å². The molecule has 0 N–H and O–H groups in total. The van der Waals surface area contributed by atoms with Crippen LogP contribution in [0.2, 0.25) is 0 Å². The lowest BCUT2D eigenvalue weighted by Gasteiger charge is -2.06. The second kappa shape index (κ2) is 9.90. The van der Waals surface area contributed by atoms with Gasteiger partial charge < -0.3 is 9.47 Å². The van der Waals surface area contributed by atoms with Crippen LogP contribution in [0.25, 0.3) is 11.4 Å². The third-order valence-corrected chi connectivity index (χ3v) is 4.11. The Kier molecular flexibility index (Phi) is 6.99. The second-order valence-electron chi connectivity index (χ2n) is 6.05. The molecule has 1 aliphatic rings. The van der Waals surface area contributed by atoms with Crippen LogP contribution in [0.5, 0.6) is 0 Å². The number of nitrogens with zero attached hydrogens (tertiary/aromatic N) is 2. The highest BCUT2D eigenvalue weighted by atomic mass is 16.7. The van der Waals surface area contributed by atoms with E-state index in [0.717, 1.165) is 47.6 Å². The van der Waals surface area contributed by atoms with E-state index < -0.39 is 0 Å². The van der Waals surface area contributed by atoms with Crippen LogP contribution < -0.4 is 5.32 Å². The summed E-state index contributed by atoms with van der Waals surface area (Å²) in [5.41, 5.74) is 4.12. The Labute approximate surface area is 155 Å². The van der Waals surface area contributed by atoms with Crippen LogP contribution in [-0.4, -0.2) is 25.8 Å². The highest BCUT2D eigenvalue weighted by Gasteiger charge is 2.21. The van der Waals surface area contributed by atoms with Crippen molar-refractivity contribution in [2.24, 2.45) is 4.99 Å². The van der Waals surface area contributed by atoms with Crippen LogP contribution in [0.1, 0.15) is 37.3 Å². The zero-order valence-corrected chi connectivity index (χ0v) is 15.2. The van der Waals surface area contributed by atoms with Gasteiger partial charge in [-0.25, -0.2) is 10.3 Å². The molecule has 0 spiro atoms. The standard InChI is InChI=1S/C22H25N2O2/c1-2-25-17-26-16-10-9-15-20-23-21(18-11-5-3-6-12-18)22(24-20)19-13-7-4-8-14-19/h3-8,11-14H,2,9-10,15-17H2,1H3. The Bertz CT molecular complexity index is 739. The first-order chi connectivity index (χ1) is 12.9. The molecule has 1 heterocycles. The largest absolute Gasteiger partial charge is 0.356 e. The monoisotopic (exact) mass is 349 g/mol. The molecule has 0 unspecified atom stereocenters. The van der Waals surface area contributed by atoms with Crippen molar-refractivity contribution in [3.8, 4) is 0 Å². The number of amidine groups is 1. The van der Waals surface area contributed by atoms with Gasteiger partial charge in [0.2, 0.25) is 0 Å². The lowest BCUT2D eigenvalue weighted by molar-refractivity contribution is -0.0500. The zero-order valence-electron chi connectivity index (χ0n) is 15.2. The summed E-state index contributed by atoms with van der Waals surface area (Å²) in [7, 11) is 0. The number of rotatable bonds is 10. The van der Waals surface area contributed by atoms with Gasteiger partial charge in [-0.3, -0.25) is 0 Å². The van der Waals surface area contributed by atoms with Crippen molar-refractivity contribution in [1.82, 2.24) is 5.32 Å². The lowest BCUT2D eigenvalue weighted by Crippen LogP contribution is -2.10. The minimum Gasteiger partial charge on any atom is -0.356 e. The third kappa shape index (κ3) is 5.04. The maximum atomic E-state index is 5.42. The number of unbranched alkanes of at least 4 members (excludes halogenated alkanes) is 1. The molecular weight excluding hydrogens is 324 g/mol. The quantitative estimate of drug-likeness (QED) is 0.460. The predicted octanol–water partition coefficient (Wildman–Crippen LogP) is 4.71. The van der Waals surface area contributed by atoms with Crippen LogP contribution in [0.4, 0.5) is 0 Å². The van der Waals surface area contributed by atoms with Gasteiger partial charge in [0, 0.05) is 30.8 Å². The average molecular weight is 349 g/mol. The van der Waals surface area contributed by atoms with Crippen LogP contribution in [0, 0.1) is 0 Å². The Morgan fingerprint density at radius 3 is 2.08 bits per heavy atom. The molecule has 1 aliphatic heterocycles. The summed E-state index contributed by atoms with van der Waals surface area (Å²) < 4.78 is 10.6. The first kappa shape index (κ1) is 18.4. The van der Waals surface area contributed by atoms with E-state index in [0.29, 0.717) is 20.0 Å². The van der Waals surface area contributed by atoms with Crippen LogP contribution in [0.15, 0.2) is 65.7 Å². The summed E-state index contributed by atoms with van der Waals surface area (Å²) in [6, 6.07) is 20.5. The molecule has 0 amide bonds.